The second-order valence-corrected chi connectivity index (χ2v) is 8.77. The highest BCUT2D eigenvalue weighted by Gasteiger charge is 2.55. The van der Waals surface area contributed by atoms with Crippen molar-refractivity contribution in [2.45, 2.75) is 39.2 Å². The van der Waals surface area contributed by atoms with Crippen LogP contribution in [0.3, 0.4) is 0 Å². The van der Waals surface area contributed by atoms with Gasteiger partial charge in [0, 0.05) is 5.02 Å². The maximum absolute atomic E-state index is 12.1. The molecule has 34 heavy (non-hydrogen) atoms. The van der Waals surface area contributed by atoms with E-state index < -0.39 is 61.8 Å². The van der Waals surface area contributed by atoms with Crippen molar-refractivity contribution in [1.29, 1.82) is 0 Å². The summed E-state index contributed by atoms with van der Waals surface area (Å²) in [4.78, 5) is 57.9. The van der Waals surface area contributed by atoms with Crippen molar-refractivity contribution < 1.29 is 43.5 Å². The molecule has 1 fully saturated rings. The fourth-order valence-electron chi connectivity index (χ4n) is 2.60. The molecular weight excluding hydrogens is 494 g/mol. The van der Waals surface area contributed by atoms with E-state index in [9.17, 15) is 24.0 Å². The lowest BCUT2D eigenvalue weighted by Crippen LogP contribution is -2.44. The third-order valence-electron chi connectivity index (χ3n) is 3.89. The third-order valence-corrected chi connectivity index (χ3v) is 4.45. The molecule has 0 aromatic heterocycles. The van der Waals surface area contributed by atoms with Crippen LogP contribution in [0.25, 0.3) is 0 Å². The Balaban J connectivity index is 0.00000133. The minimum atomic E-state index is -2.19. The van der Waals surface area contributed by atoms with E-state index in [-0.39, 0.29) is 22.1 Å². The molecule has 0 spiro atoms. The smallest absolute Gasteiger partial charge is 0.506 e. The summed E-state index contributed by atoms with van der Waals surface area (Å²) >= 11 is 11.7. The highest BCUT2D eigenvalue weighted by molar-refractivity contribution is 6.50. The molecule has 1 saturated heterocycles. The van der Waals surface area contributed by atoms with Gasteiger partial charge >= 0.3 is 25.0 Å². The Morgan fingerprint density at radius 2 is 1.62 bits per heavy atom. The Labute approximate surface area is 206 Å². The highest BCUT2D eigenvalue weighted by Crippen LogP contribution is 2.30. The Morgan fingerprint density at radius 1 is 1.06 bits per heavy atom. The molecule has 1 aliphatic heterocycles. The summed E-state index contributed by atoms with van der Waals surface area (Å²) in [5.41, 5.74) is -2.12. The van der Waals surface area contributed by atoms with Crippen molar-refractivity contribution in [3.05, 3.63) is 33.8 Å². The number of rotatable bonds is 9. The number of halogens is 2. The van der Waals surface area contributed by atoms with Crippen LogP contribution in [-0.2, 0) is 28.5 Å². The van der Waals surface area contributed by atoms with Crippen molar-refractivity contribution in [1.82, 2.24) is 10.6 Å². The molecule has 0 bridgehead atoms. The normalized spacial score (nSPS) is 14.1. The molecule has 14 heteroatoms. The molecule has 4 N–H and O–H groups in total. The number of nitrogens with one attached hydrogen (secondary N) is 2. The first kappa shape index (κ1) is 29.2. The van der Waals surface area contributed by atoms with Gasteiger partial charge in [0.2, 0.25) is 5.91 Å². The van der Waals surface area contributed by atoms with Crippen molar-refractivity contribution >= 4 is 60.0 Å². The van der Waals surface area contributed by atoms with Crippen molar-refractivity contribution in [2.24, 2.45) is 5.92 Å². The topological polar surface area (TPSA) is 168 Å². The molecule has 0 aliphatic carbocycles. The van der Waals surface area contributed by atoms with Crippen LogP contribution in [0.5, 0.6) is 0 Å². The predicted molar refractivity (Wildman–Crippen MR) is 122 cm³/mol. The summed E-state index contributed by atoms with van der Waals surface area (Å²) in [5.74, 6) is -4.57. The lowest BCUT2D eigenvalue weighted by molar-refractivity contribution is -0.157. The summed E-state index contributed by atoms with van der Waals surface area (Å²) in [5, 5.41) is 22.9. The summed E-state index contributed by atoms with van der Waals surface area (Å²) in [6, 6.07) is 4.24. The number of hydrogen-bond acceptors (Lipinski definition) is 7. The quantitative estimate of drug-likeness (QED) is 0.356. The van der Waals surface area contributed by atoms with E-state index in [0.29, 0.717) is 0 Å². The fourth-order valence-corrected chi connectivity index (χ4v) is 2.98. The zero-order chi connectivity index (χ0) is 26.1. The lowest BCUT2D eigenvalue weighted by atomic mass is 9.89. The molecule has 11 nitrogen and oxygen atoms in total. The summed E-state index contributed by atoms with van der Waals surface area (Å²) in [7, 11) is -1.39. The second kappa shape index (κ2) is 13.2. The molecule has 1 heterocycles. The maximum atomic E-state index is 12.1. The Bertz CT molecular complexity index is 924. The average molecular weight is 519 g/mol. The molecule has 0 saturated carbocycles. The molecule has 186 valence electrons. The van der Waals surface area contributed by atoms with Crippen LogP contribution in [0.2, 0.25) is 10.0 Å². The van der Waals surface area contributed by atoms with Gasteiger partial charge in [0.1, 0.15) is 0 Å². The van der Waals surface area contributed by atoms with Crippen LogP contribution in [0, 0.1) is 5.92 Å². The molecule has 0 radical (unpaired) electrons. The number of hydrogen-bond donors (Lipinski definition) is 4. The van der Waals surface area contributed by atoms with Gasteiger partial charge < -0.3 is 30.2 Å². The van der Waals surface area contributed by atoms with E-state index in [1.807, 2.05) is 0 Å². The van der Waals surface area contributed by atoms with Gasteiger partial charge in [-0.15, -0.1) is 0 Å². The van der Waals surface area contributed by atoms with Gasteiger partial charge in [0.05, 0.1) is 36.4 Å². The monoisotopic (exact) mass is 518 g/mol. The average Bonchev–Trinajstić information content (AvgIpc) is 2.99. The van der Waals surface area contributed by atoms with Gasteiger partial charge in [-0.05, 0) is 24.1 Å². The Hall–Kier alpha value is -2.83. The van der Waals surface area contributed by atoms with Crippen LogP contribution >= 0.6 is 23.2 Å². The number of aliphatic carboxylic acids is 2. The molecule has 1 aromatic carbocycles. The van der Waals surface area contributed by atoms with E-state index in [1.165, 1.54) is 18.2 Å². The van der Waals surface area contributed by atoms with E-state index in [4.69, 9.17) is 42.7 Å². The number of benzene rings is 1. The first-order chi connectivity index (χ1) is 15.8. The molecule has 0 unspecified atom stereocenters. The third kappa shape index (κ3) is 9.58. The summed E-state index contributed by atoms with van der Waals surface area (Å²) in [6.07, 6.45) is -2.22. The SMILES string of the molecule is CC(C)C.O=C(O)CC1(CC(=O)O)OB(CNC(=O)CNC(=O)c2cc(Cl)ccc2Cl)OC1=O. The van der Waals surface area contributed by atoms with Crippen molar-refractivity contribution in [2.75, 3.05) is 13.0 Å². The number of carboxylic acid groups (broad SMARTS) is 2. The first-order valence-electron chi connectivity index (χ1n) is 10.1. The molecule has 0 atom stereocenters. The van der Waals surface area contributed by atoms with Crippen LogP contribution < -0.4 is 10.6 Å². The fraction of sp³-hybridized carbons (Fsp3) is 0.450. The zero-order valence-electron chi connectivity index (χ0n) is 18.7. The van der Waals surface area contributed by atoms with E-state index in [0.717, 1.165) is 5.92 Å². The van der Waals surface area contributed by atoms with E-state index in [2.05, 4.69) is 31.4 Å². The van der Waals surface area contributed by atoms with Crippen molar-refractivity contribution in [3.63, 3.8) is 0 Å². The minimum absolute atomic E-state index is 0.0668. The van der Waals surface area contributed by atoms with Crippen LogP contribution in [0.15, 0.2) is 18.2 Å². The highest BCUT2D eigenvalue weighted by atomic mass is 35.5. The largest absolute Gasteiger partial charge is 0.548 e. The summed E-state index contributed by atoms with van der Waals surface area (Å²) < 4.78 is 10.0. The second-order valence-electron chi connectivity index (χ2n) is 7.93. The lowest BCUT2D eigenvalue weighted by Gasteiger charge is -2.20. The van der Waals surface area contributed by atoms with Gasteiger partial charge in [-0.2, -0.15) is 0 Å². The Kier molecular flexibility index (Phi) is 11.3. The van der Waals surface area contributed by atoms with E-state index in [1.54, 1.807) is 0 Å². The van der Waals surface area contributed by atoms with E-state index >= 15 is 0 Å². The summed E-state index contributed by atoms with van der Waals surface area (Å²) in [6.45, 7) is 6.04. The zero-order valence-corrected chi connectivity index (χ0v) is 20.2. The Morgan fingerprint density at radius 3 is 2.15 bits per heavy atom. The molecule has 1 aromatic rings. The first-order valence-corrected chi connectivity index (χ1v) is 10.8. The van der Waals surface area contributed by atoms with Crippen molar-refractivity contribution in [3.8, 4) is 0 Å². The molecule has 1 aliphatic rings. The van der Waals surface area contributed by atoms with Gasteiger partial charge in [-0.25, -0.2) is 0 Å². The maximum Gasteiger partial charge on any atom is 0.548 e. The number of carboxylic acids is 2. The number of carbonyl (C=O) groups is 5. The minimum Gasteiger partial charge on any atom is -0.506 e. The number of amides is 2. The van der Waals surface area contributed by atoms with Gasteiger partial charge in [-0.1, -0.05) is 44.0 Å². The van der Waals surface area contributed by atoms with Crippen LogP contribution in [-0.4, -0.2) is 65.6 Å². The standard InChI is InChI=1S/C16H15BCl2N2O9.C4H10/c18-8-1-2-10(19)9(3-8)14(27)20-6-11(22)21-7-17-29-15(28)16(30-17,4-12(23)24)5-13(25)26;1-4(2)3/h1-3H,4-7H2,(H,20,27)(H,21,22)(H,23,24)(H,25,26);4H,1-3H3. The molecular formula is C20H25BCl2N2O9. The van der Waals surface area contributed by atoms with Gasteiger partial charge in [0.25, 0.3) is 5.91 Å². The van der Waals surface area contributed by atoms with Crippen LogP contribution in [0.1, 0.15) is 44.0 Å². The van der Waals surface area contributed by atoms with Gasteiger partial charge in [0.15, 0.2) is 5.60 Å². The number of carbonyl (C=O) groups excluding carboxylic acids is 3. The van der Waals surface area contributed by atoms with Crippen LogP contribution in [0.4, 0.5) is 0 Å². The molecule has 2 rings (SSSR count). The van der Waals surface area contributed by atoms with Gasteiger partial charge in [-0.3, -0.25) is 24.0 Å². The predicted octanol–water partition coefficient (Wildman–Crippen LogP) is 1.79. The molecule has 2 amide bonds.